The molecule has 2 aromatic carbocycles. The molecule has 3 N–H and O–H groups in total. The number of alkyl halides is 3. The molecule has 0 saturated carbocycles. The minimum atomic E-state index is -4.77. The van der Waals surface area contributed by atoms with Crippen LogP contribution < -0.4 is 15.1 Å². The van der Waals surface area contributed by atoms with Gasteiger partial charge in [0.25, 0.3) is 5.91 Å². The van der Waals surface area contributed by atoms with Crippen molar-refractivity contribution >= 4 is 23.4 Å². The normalized spacial score (nSPS) is 14.2. The van der Waals surface area contributed by atoms with Crippen LogP contribution in [-0.2, 0) is 11.0 Å². The summed E-state index contributed by atoms with van der Waals surface area (Å²) < 4.78 is 72.4. The van der Waals surface area contributed by atoms with Gasteiger partial charge in [-0.25, -0.2) is 8.78 Å². The number of rotatable bonds is 8. The van der Waals surface area contributed by atoms with Crippen LogP contribution in [0.5, 0.6) is 0 Å². The van der Waals surface area contributed by atoms with E-state index in [2.05, 4.69) is 15.4 Å². The number of primary amides is 1. The molecule has 0 aliphatic carbocycles. The largest absolute Gasteiger partial charge is 0.618 e. The molecular weight excluding hydrogens is 651 g/mol. The maximum Gasteiger partial charge on any atom is 0.464 e. The van der Waals surface area contributed by atoms with Crippen molar-refractivity contribution in [1.82, 2.24) is 25.0 Å². The third-order valence-corrected chi connectivity index (χ3v) is 8.07. The van der Waals surface area contributed by atoms with Crippen LogP contribution in [-0.4, -0.2) is 49.9 Å². The van der Waals surface area contributed by atoms with Crippen molar-refractivity contribution in [3.8, 4) is 27.9 Å². The lowest BCUT2D eigenvalue weighted by molar-refractivity contribution is -0.659. The van der Waals surface area contributed by atoms with Crippen LogP contribution in [0.15, 0.2) is 67.3 Å². The van der Waals surface area contributed by atoms with Crippen LogP contribution in [0, 0.1) is 16.8 Å². The average Bonchev–Trinajstić information content (AvgIpc) is 3.79. The van der Waals surface area contributed by atoms with Crippen LogP contribution >= 0.6 is 11.6 Å². The van der Waals surface area contributed by atoms with Gasteiger partial charge in [-0.1, -0.05) is 22.9 Å². The van der Waals surface area contributed by atoms with Gasteiger partial charge in [0.05, 0.1) is 39.6 Å². The smallest absolute Gasteiger partial charge is 0.464 e. The number of aromatic amines is 1. The number of aromatic nitrogens is 6. The van der Waals surface area contributed by atoms with Gasteiger partial charge in [0.2, 0.25) is 11.6 Å². The number of benzene rings is 2. The van der Waals surface area contributed by atoms with Crippen molar-refractivity contribution < 1.29 is 41.0 Å². The molecule has 6 rings (SSSR count). The Morgan fingerprint density at radius 2 is 1.87 bits per heavy atom. The molecule has 5 aromatic rings. The maximum atomic E-state index is 15.5. The lowest BCUT2D eigenvalue weighted by Gasteiger charge is -2.23. The molecule has 0 radical (unpaired) electrons. The van der Waals surface area contributed by atoms with Gasteiger partial charge in [-0.3, -0.25) is 14.3 Å². The molecule has 47 heavy (non-hydrogen) atoms. The Hall–Kier alpha value is -5.38. The second-order valence-corrected chi connectivity index (χ2v) is 11.2. The number of likely N-dealkylation sites (tertiary alicyclic amines) is 1. The molecule has 1 fully saturated rings. The molecule has 1 atom stereocenters. The molecule has 3 aromatic heterocycles. The standard InChI is InChI=1S/C30H22ClF5N8O3/c31-20-6-8-23(43-15-25(39-40-43)30(34,35)36)27(28(20)33)17-4-7-22(44(47)13-17)24(14-41-9-1-2-26(41)45)42-12-18(11-38-42)16-3-5-19(29(37)46)21(32)10-16/h3-8,10-13,15,24H,1-2,9,14H2,(H2,37,46)/p+1/t24-/m0/s1. The van der Waals surface area contributed by atoms with Crippen molar-refractivity contribution in [1.29, 1.82) is 0 Å². The van der Waals surface area contributed by atoms with Gasteiger partial charge in [0.1, 0.15) is 5.82 Å². The summed E-state index contributed by atoms with van der Waals surface area (Å²) in [7, 11) is 0. The van der Waals surface area contributed by atoms with Gasteiger partial charge < -0.3 is 15.8 Å². The lowest BCUT2D eigenvalue weighted by Crippen LogP contribution is -2.41. The molecule has 4 heterocycles. The van der Waals surface area contributed by atoms with Crippen LogP contribution in [0.3, 0.4) is 0 Å². The Balaban J connectivity index is 1.41. The summed E-state index contributed by atoms with van der Waals surface area (Å²) in [5.74, 6) is -2.87. The Morgan fingerprint density at radius 1 is 1.11 bits per heavy atom. The number of carbonyl (C=O) groups excluding carboxylic acids is 2. The predicted octanol–water partition coefficient (Wildman–Crippen LogP) is 4.11. The third kappa shape index (κ3) is 6.10. The summed E-state index contributed by atoms with van der Waals surface area (Å²) in [4.78, 5) is 25.6. The first kappa shape index (κ1) is 31.6. The summed E-state index contributed by atoms with van der Waals surface area (Å²) in [6.07, 6.45) is 0.817. The zero-order valence-electron chi connectivity index (χ0n) is 24.0. The molecular formula is C30H23ClF5N8O3+. The van der Waals surface area contributed by atoms with E-state index in [9.17, 15) is 32.4 Å². The van der Waals surface area contributed by atoms with Crippen LogP contribution in [0.1, 0.15) is 40.6 Å². The third-order valence-electron chi connectivity index (χ3n) is 7.78. The zero-order valence-corrected chi connectivity index (χ0v) is 24.8. The van der Waals surface area contributed by atoms with E-state index in [0.717, 1.165) is 23.0 Å². The molecule has 1 aliphatic rings. The van der Waals surface area contributed by atoms with E-state index in [1.165, 1.54) is 41.2 Å². The number of hydrogen-bond acceptors (Lipinski definition) is 5. The number of hydrogen-bond donors (Lipinski definition) is 2. The van der Waals surface area contributed by atoms with E-state index < -0.39 is 35.5 Å². The minimum Gasteiger partial charge on any atom is -0.618 e. The summed E-state index contributed by atoms with van der Waals surface area (Å²) in [6.45, 7) is 0.482. The molecule has 242 valence electrons. The van der Waals surface area contributed by atoms with Gasteiger partial charge in [-0.05, 0) is 42.3 Å². The fraction of sp³-hybridized carbons (Fsp3) is 0.200. The Labute approximate surface area is 267 Å². The number of pyridine rings is 1. The molecule has 11 nitrogen and oxygen atoms in total. The van der Waals surface area contributed by atoms with Crippen LogP contribution in [0.25, 0.3) is 27.9 Å². The average molecular weight is 674 g/mol. The van der Waals surface area contributed by atoms with Gasteiger partial charge >= 0.3 is 11.9 Å². The molecule has 0 spiro atoms. The first-order valence-corrected chi connectivity index (χ1v) is 14.4. The molecule has 0 unspecified atom stereocenters. The van der Waals surface area contributed by atoms with E-state index in [1.807, 2.05) is 0 Å². The molecule has 2 amide bonds. The van der Waals surface area contributed by atoms with Crippen molar-refractivity contribution in [3.63, 3.8) is 0 Å². The number of halogens is 6. The molecule has 0 bridgehead atoms. The van der Waals surface area contributed by atoms with Crippen LogP contribution in [0.4, 0.5) is 22.0 Å². The summed E-state index contributed by atoms with van der Waals surface area (Å²) in [5, 5.41) is 23.1. The first-order chi connectivity index (χ1) is 22.3. The Kier molecular flexibility index (Phi) is 8.13. The topological polar surface area (TPSA) is 141 Å². The molecule has 17 heteroatoms. The zero-order chi connectivity index (χ0) is 33.6. The Morgan fingerprint density at radius 3 is 2.51 bits per heavy atom. The second kappa shape index (κ2) is 12.1. The van der Waals surface area contributed by atoms with Crippen molar-refractivity contribution in [2.75, 3.05) is 13.1 Å². The summed E-state index contributed by atoms with van der Waals surface area (Å²) in [6, 6.07) is 8.18. The maximum absolute atomic E-state index is 15.5. The number of nitrogens with one attached hydrogen (secondary N) is 1. The van der Waals surface area contributed by atoms with E-state index >= 15 is 4.39 Å². The number of carbonyl (C=O) groups is 2. The highest BCUT2D eigenvalue weighted by Gasteiger charge is 2.41. The number of nitrogens with two attached hydrogens (primary N) is 1. The highest BCUT2D eigenvalue weighted by molar-refractivity contribution is 6.31. The van der Waals surface area contributed by atoms with E-state index in [4.69, 9.17) is 17.3 Å². The minimum absolute atomic E-state index is 0.0171. The van der Waals surface area contributed by atoms with Crippen LogP contribution in [0.2, 0.25) is 5.02 Å². The fourth-order valence-electron chi connectivity index (χ4n) is 5.43. The second-order valence-electron chi connectivity index (χ2n) is 10.7. The molecule has 1 aliphatic heterocycles. The monoisotopic (exact) mass is 673 g/mol. The van der Waals surface area contributed by atoms with E-state index in [-0.39, 0.29) is 45.5 Å². The highest BCUT2D eigenvalue weighted by atomic mass is 35.5. The Bertz CT molecular complexity index is 2030. The van der Waals surface area contributed by atoms with Gasteiger partial charge in [0.15, 0.2) is 29.9 Å². The summed E-state index contributed by atoms with van der Waals surface area (Å²) >= 11 is 6.03. The van der Waals surface area contributed by atoms with E-state index in [1.54, 1.807) is 11.1 Å². The van der Waals surface area contributed by atoms with E-state index in [0.29, 0.717) is 41.4 Å². The number of nitrogens with zero attached hydrogens (tertiary/aromatic N) is 6. The van der Waals surface area contributed by atoms with Crippen molar-refractivity contribution in [3.05, 3.63) is 106 Å². The van der Waals surface area contributed by atoms with Gasteiger partial charge in [0, 0.05) is 30.8 Å². The van der Waals surface area contributed by atoms with Gasteiger partial charge in [-0.2, -0.15) is 23.0 Å². The van der Waals surface area contributed by atoms with Crippen molar-refractivity contribution in [2.24, 2.45) is 5.73 Å². The van der Waals surface area contributed by atoms with Crippen molar-refractivity contribution in [2.45, 2.75) is 25.1 Å². The number of H-pyrrole nitrogens is 1. The predicted molar refractivity (Wildman–Crippen MR) is 155 cm³/mol. The quantitative estimate of drug-likeness (QED) is 0.145. The number of amides is 2. The highest BCUT2D eigenvalue weighted by Crippen LogP contribution is 2.33. The molecule has 1 saturated heterocycles. The van der Waals surface area contributed by atoms with Gasteiger partial charge in [-0.15, -0.1) is 4.68 Å². The first-order valence-electron chi connectivity index (χ1n) is 14.0. The SMILES string of the molecule is NC(=O)c1ccc(-c2cnn([C@@H](CN3CCCC3=O)c3ccc(-c4c(-[n+]5cc(C(F)(F)F)n[nH]5)ccc(Cl)c4F)c[n+]3[O-])c2)cc1F. The fourth-order valence-corrected chi connectivity index (χ4v) is 5.59. The summed E-state index contributed by atoms with van der Waals surface area (Å²) in [5.41, 5.74) is 4.17. The lowest BCUT2D eigenvalue weighted by atomic mass is 10.0.